The first kappa shape index (κ1) is 31.7. The van der Waals surface area contributed by atoms with Gasteiger partial charge in [0.25, 0.3) is 27.2 Å². The molecular weight excluding hydrogens is 643 g/mol. The summed E-state index contributed by atoms with van der Waals surface area (Å²) in [7, 11) is -6.60. The van der Waals surface area contributed by atoms with Crippen LogP contribution >= 0.6 is 12.2 Å². The fraction of sp³-hybridized carbons (Fsp3) is 0.179. The van der Waals surface area contributed by atoms with Gasteiger partial charge in [-0.1, -0.05) is 35.9 Å². The first-order valence-electron chi connectivity index (χ1n) is 13.3. The molecule has 2 heterocycles. The second kappa shape index (κ2) is 12.4. The average Bonchev–Trinajstić information content (AvgIpc) is 3.43. The van der Waals surface area contributed by atoms with Crippen LogP contribution in [-0.2, 0) is 43.2 Å². The molecule has 1 saturated heterocycles. The van der Waals surface area contributed by atoms with Crippen LogP contribution in [0.4, 0.5) is 11.4 Å². The fourth-order valence-electron chi connectivity index (χ4n) is 4.56. The van der Waals surface area contributed by atoms with Crippen molar-refractivity contribution in [1.82, 2.24) is 10.2 Å². The maximum absolute atomic E-state index is 13.8. The fourth-order valence-corrected chi connectivity index (χ4v) is 6.40. The number of amides is 2. The second-order valence-electron chi connectivity index (χ2n) is 10.1. The van der Waals surface area contributed by atoms with Crippen LogP contribution < -0.4 is 30.9 Å². The summed E-state index contributed by atoms with van der Waals surface area (Å²) in [5, 5.41) is 11.7. The monoisotopic (exact) mass is 669 g/mol. The molecule has 0 radical (unpaired) electrons. The zero-order valence-corrected chi connectivity index (χ0v) is 26.3. The van der Waals surface area contributed by atoms with Crippen LogP contribution in [0.25, 0.3) is 0 Å². The number of aryl methyl sites for hydroxylation is 2. The van der Waals surface area contributed by atoms with Crippen molar-refractivity contribution in [3.05, 3.63) is 95.7 Å². The highest BCUT2D eigenvalue weighted by molar-refractivity contribution is 7.90. The second-order valence-corrected chi connectivity index (χ2v) is 13.6. The average molecular weight is 670 g/mol. The molecule has 5 rings (SSSR count). The standard InChI is InChI=1S/C28H27N7O7S3/c1-18-8-12-22(13-9-18)45(40,41)31-26-24(33(2)32-42-26)17-34-23(27(37)35(28(34)43)20-6-4-3-5-7-20)16-25(36)30-19-10-14-21(15-11-19)44(29,38)39/h3-15,23H,16-17H2,1-2H3,(H,30,36)(H2,29,38,39)/b31-26-. The third kappa shape index (κ3) is 6.85. The van der Waals surface area contributed by atoms with Gasteiger partial charge in [-0.2, -0.15) is 8.42 Å². The van der Waals surface area contributed by atoms with E-state index in [1.807, 2.05) is 6.92 Å². The molecule has 0 spiro atoms. The number of anilines is 2. The molecule has 4 aromatic rings. The van der Waals surface area contributed by atoms with Gasteiger partial charge in [-0.25, -0.2) is 18.2 Å². The Labute approximate surface area is 263 Å². The van der Waals surface area contributed by atoms with Gasteiger partial charge in [0.1, 0.15) is 19.6 Å². The van der Waals surface area contributed by atoms with E-state index in [-0.39, 0.29) is 44.8 Å². The lowest BCUT2D eigenvalue weighted by Crippen LogP contribution is -2.45. The molecule has 1 aliphatic heterocycles. The SMILES string of the molecule is Cc1ccc(S(=O)(=O)/N=c2\o[n-][n+](C)c2CN2C(=S)N(c3ccccc3)C(=O)C2CC(=O)Nc2ccc(S(N)(=O)=O)cc2)cc1. The third-order valence-electron chi connectivity index (χ3n) is 6.91. The molecule has 2 amide bonds. The zero-order chi connectivity index (χ0) is 32.5. The summed E-state index contributed by atoms with van der Waals surface area (Å²) in [6, 6.07) is 18.8. The Morgan fingerprint density at radius 2 is 1.64 bits per heavy atom. The first-order chi connectivity index (χ1) is 21.2. The quantitative estimate of drug-likeness (QED) is 0.191. The lowest BCUT2D eigenvalue weighted by Gasteiger charge is -2.22. The molecule has 14 nitrogen and oxygen atoms in total. The molecule has 1 aliphatic rings. The largest absolute Gasteiger partial charge is 0.486 e. The number of nitrogens with two attached hydrogens (primary N) is 1. The van der Waals surface area contributed by atoms with Crippen LogP contribution in [-0.4, -0.2) is 44.7 Å². The number of thiocarbonyl (C=S) groups is 1. The van der Waals surface area contributed by atoms with E-state index in [0.29, 0.717) is 5.69 Å². The van der Waals surface area contributed by atoms with E-state index in [4.69, 9.17) is 21.9 Å². The molecule has 1 aromatic heterocycles. The van der Waals surface area contributed by atoms with Crippen LogP contribution in [0.1, 0.15) is 17.7 Å². The topological polar surface area (TPSA) is 190 Å². The van der Waals surface area contributed by atoms with Crippen molar-refractivity contribution in [2.75, 3.05) is 10.2 Å². The predicted molar refractivity (Wildman–Crippen MR) is 164 cm³/mol. The smallest absolute Gasteiger partial charge is 0.289 e. The summed E-state index contributed by atoms with van der Waals surface area (Å²) < 4.78 is 59.7. The minimum atomic E-state index is -4.19. The Hall–Kier alpha value is -4.71. The van der Waals surface area contributed by atoms with E-state index in [9.17, 15) is 26.4 Å². The Morgan fingerprint density at radius 1 is 1.02 bits per heavy atom. The van der Waals surface area contributed by atoms with E-state index in [1.165, 1.54) is 57.9 Å². The van der Waals surface area contributed by atoms with Gasteiger partial charge < -0.3 is 14.7 Å². The number of nitrogens with zero attached hydrogens (tertiary/aromatic N) is 5. The number of primary sulfonamides is 1. The van der Waals surface area contributed by atoms with Gasteiger partial charge >= 0.3 is 0 Å². The number of sulfonamides is 2. The number of rotatable bonds is 9. The van der Waals surface area contributed by atoms with Crippen molar-refractivity contribution in [2.45, 2.75) is 35.7 Å². The summed E-state index contributed by atoms with van der Waals surface area (Å²) in [6.07, 6.45) is -0.359. The summed E-state index contributed by atoms with van der Waals surface area (Å²) >= 11 is 5.71. The Kier molecular flexibility index (Phi) is 8.70. The van der Waals surface area contributed by atoms with E-state index < -0.39 is 37.9 Å². The lowest BCUT2D eigenvalue weighted by molar-refractivity contribution is -0.752. The third-order valence-corrected chi connectivity index (χ3v) is 9.53. The molecule has 1 unspecified atom stereocenters. The number of aromatic nitrogens is 2. The minimum Gasteiger partial charge on any atom is -0.486 e. The van der Waals surface area contributed by atoms with Crippen molar-refractivity contribution in [3.8, 4) is 0 Å². The van der Waals surface area contributed by atoms with E-state index in [2.05, 4.69) is 15.0 Å². The zero-order valence-electron chi connectivity index (χ0n) is 23.9. The summed E-state index contributed by atoms with van der Waals surface area (Å²) in [5.74, 6) is -1.06. The molecule has 0 saturated carbocycles. The highest BCUT2D eigenvalue weighted by Crippen LogP contribution is 2.28. The maximum Gasteiger partial charge on any atom is 0.289 e. The summed E-state index contributed by atoms with van der Waals surface area (Å²) in [4.78, 5) is 29.5. The van der Waals surface area contributed by atoms with Gasteiger partial charge in [-0.05, 0) is 67.7 Å². The predicted octanol–water partition coefficient (Wildman–Crippen LogP) is 0.838. The van der Waals surface area contributed by atoms with Crippen LogP contribution in [0.15, 0.2) is 97.6 Å². The van der Waals surface area contributed by atoms with Gasteiger partial charge in [0.05, 0.1) is 21.9 Å². The molecule has 1 fully saturated rings. The lowest BCUT2D eigenvalue weighted by atomic mass is 10.1. The van der Waals surface area contributed by atoms with E-state index >= 15 is 0 Å². The number of carbonyl (C=O) groups is 2. The van der Waals surface area contributed by atoms with Gasteiger partial charge in [0.15, 0.2) is 5.11 Å². The molecule has 3 aromatic carbocycles. The highest BCUT2D eigenvalue weighted by Gasteiger charge is 2.45. The molecule has 3 N–H and O–H groups in total. The van der Waals surface area contributed by atoms with Gasteiger partial charge in [-0.3, -0.25) is 19.8 Å². The Morgan fingerprint density at radius 3 is 2.27 bits per heavy atom. The summed E-state index contributed by atoms with van der Waals surface area (Å²) in [5.41, 5.74) is 1.48. The van der Waals surface area contributed by atoms with Crippen molar-refractivity contribution in [2.24, 2.45) is 16.6 Å². The normalized spacial score (nSPS) is 16.0. The van der Waals surface area contributed by atoms with Gasteiger partial charge in [0.2, 0.25) is 15.9 Å². The molecular formula is C28H27N7O7S3. The Balaban J connectivity index is 1.47. The van der Waals surface area contributed by atoms with E-state index in [0.717, 1.165) is 5.56 Å². The van der Waals surface area contributed by atoms with Crippen molar-refractivity contribution >= 4 is 60.6 Å². The molecule has 45 heavy (non-hydrogen) atoms. The van der Waals surface area contributed by atoms with Crippen LogP contribution in [0.5, 0.6) is 0 Å². The number of benzene rings is 3. The summed E-state index contributed by atoms with van der Waals surface area (Å²) in [6.45, 7) is 1.64. The van der Waals surface area contributed by atoms with Crippen molar-refractivity contribution in [3.63, 3.8) is 0 Å². The molecule has 0 aliphatic carbocycles. The number of hydrogen-bond donors (Lipinski definition) is 2. The number of carbonyl (C=O) groups excluding carboxylic acids is 2. The van der Waals surface area contributed by atoms with Gasteiger partial charge in [-0.15, -0.1) is 4.40 Å². The Bertz CT molecular complexity index is 2060. The highest BCUT2D eigenvalue weighted by atomic mass is 32.2. The molecule has 0 bridgehead atoms. The maximum atomic E-state index is 13.8. The first-order valence-corrected chi connectivity index (χ1v) is 16.7. The van der Waals surface area contributed by atoms with Gasteiger partial charge in [0, 0.05) is 5.69 Å². The minimum absolute atomic E-state index is 0.0492. The molecule has 234 valence electrons. The van der Waals surface area contributed by atoms with Crippen LogP contribution in [0, 0.1) is 6.92 Å². The van der Waals surface area contributed by atoms with Crippen LogP contribution in [0.2, 0.25) is 0 Å². The van der Waals surface area contributed by atoms with Crippen LogP contribution in [0.3, 0.4) is 0 Å². The molecule has 17 heteroatoms. The number of hydrogen-bond acceptors (Lipinski definition) is 8. The number of nitrogens with one attached hydrogen (secondary N) is 1. The van der Waals surface area contributed by atoms with Crippen molar-refractivity contribution < 1.29 is 35.6 Å². The molecule has 1 atom stereocenters. The number of para-hydroxylation sites is 1. The van der Waals surface area contributed by atoms with Crippen molar-refractivity contribution in [1.29, 1.82) is 0 Å². The van der Waals surface area contributed by atoms with E-state index in [1.54, 1.807) is 42.5 Å².